The fraction of sp³-hybridized carbons (Fsp3) is 0.250. The van der Waals surface area contributed by atoms with Gasteiger partial charge in [0.25, 0.3) is 0 Å². The van der Waals surface area contributed by atoms with E-state index in [1.807, 2.05) is 0 Å². The van der Waals surface area contributed by atoms with Gasteiger partial charge < -0.3 is 0 Å². The standard InChI is InChI=1S/C6H7Si.2CH3.Cu.Li/c7-6-4-2-1-3-5-6;;;;/h1-5H,7H2;2*1H3;;/q;;;-1;+1. The van der Waals surface area contributed by atoms with Gasteiger partial charge in [0.2, 0.25) is 0 Å². The van der Waals surface area contributed by atoms with Crippen LogP contribution in [0.5, 0.6) is 0 Å². The van der Waals surface area contributed by atoms with Crippen molar-refractivity contribution in [3.63, 3.8) is 0 Å². The van der Waals surface area contributed by atoms with Crippen molar-refractivity contribution in [2.45, 2.75) is 11.6 Å². The maximum Gasteiger partial charge on any atom is 1.00 e. The first-order valence-electron chi connectivity index (χ1n) is 3.08. The minimum atomic E-state index is 0. The molecule has 61 valence electrons. The SMILES string of the molecule is [CH3][Cu-]([CH3])[SiH2]c1ccccc1.[Li+]. The third-order valence-corrected chi connectivity index (χ3v) is 5.47. The van der Waals surface area contributed by atoms with E-state index < -0.39 is 0 Å². The Hall–Kier alpha value is 0.554. The van der Waals surface area contributed by atoms with Crippen molar-refractivity contribution in [3.05, 3.63) is 30.3 Å². The predicted molar refractivity (Wildman–Crippen MR) is 46.3 cm³/mol. The fourth-order valence-corrected chi connectivity index (χ4v) is 4.67. The van der Waals surface area contributed by atoms with Crippen molar-refractivity contribution in [1.82, 2.24) is 0 Å². The maximum absolute atomic E-state index is 2.33. The molecule has 11 heavy (non-hydrogen) atoms. The molecular weight excluding hydrogens is 195 g/mol. The summed E-state index contributed by atoms with van der Waals surface area (Å²) in [4.78, 5) is 0. The second-order valence-electron chi connectivity index (χ2n) is 2.32. The molecule has 0 nitrogen and oxygen atoms in total. The molecule has 0 fully saturated rings. The molecule has 0 aromatic heterocycles. The molecule has 0 bridgehead atoms. The molecule has 0 radical (unpaired) electrons. The summed E-state index contributed by atoms with van der Waals surface area (Å²) in [6.07, 6.45) is 0. The second kappa shape index (κ2) is 6.11. The molecule has 0 heterocycles. The molecule has 0 spiro atoms. The zero-order valence-corrected chi connectivity index (χ0v) is 9.75. The topological polar surface area (TPSA) is 0 Å². The van der Waals surface area contributed by atoms with Crippen LogP contribution in [0.2, 0.25) is 11.6 Å². The summed E-state index contributed by atoms with van der Waals surface area (Å²) in [6.45, 7) is 0. The fourth-order valence-electron chi connectivity index (χ4n) is 0.795. The van der Waals surface area contributed by atoms with Crippen LogP contribution in [0.3, 0.4) is 0 Å². The minimum Gasteiger partial charge on any atom is 1.00 e. The molecule has 1 aromatic rings. The van der Waals surface area contributed by atoms with Crippen molar-refractivity contribution in [2.24, 2.45) is 0 Å². The Balaban J connectivity index is 0.000001000. The monoisotopic (exact) mass is 207 g/mol. The first kappa shape index (κ1) is 11.6. The molecule has 3 heteroatoms. The third kappa shape index (κ3) is 4.90. The first-order valence-corrected chi connectivity index (χ1v) is 8.09. The van der Waals surface area contributed by atoms with Crippen LogP contribution < -0.4 is 24.0 Å². The van der Waals surface area contributed by atoms with Gasteiger partial charge in [0.15, 0.2) is 0 Å². The Bertz CT molecular complexity index is 189. The van der Waals surface area contributed by atoms with Crippen LogP contribution >= 0.6 is 0 Å². The summed E-state index contributed by atoms with van der Waals surface area (Å²) >= 11 is 0.731. The average Bonchev–Trinajstić information content (AvgIpc) is 1.88. The summed E-state index contributed by atoms with van der Waals surface area (Å²) in [5.41, 5.74) is 0. The minimum absolute atomic E-state index is 0. The second-order valence-corrected chi connectivity index (χ2v) is 10.1. The van der Waals surface area contributed by atoms with Gasteiger partial charge >= 0.3 is 87.4 Å². The molecule has 0 atom stereocenters. The van der Waals surface area contributed by atoms with E-state index in [-0.39, 0.29) is 27.0 Å². The molecule has 1 rings (SSSR count). The van der Waals surface area contributed by atoms with E-state index >= 15 is 0 Å². The first-order chi connectivity index (χ1) is 4.79. The number of rotatable bonds is 2. The third-order valence-electron chi connectivity index (χ3n) is 1.18. The molecule has 0 aliphatic heterocycles. The molecule has 0 N–H and O–H groups in total. The quantitative estimate of drug-likeness (QED) is 0.498. The largest absolute Gasteiger partial charge is 1.00 e. The van der Waals surface area contributed by atoms with Crippen LogP contribution in [-0.4, -0.2) is 8.13 Å². The van der Waals surface area contributed by atoms with Crippen molar-refractivity contribution in [1.29, 1.82) is 0 Å². The number of hydrogen-bond acceptors (Lipinski definition) is 0. The summed E-state index contributed by atoms with van der Waals surface area (Å²) < 4.78 is 0. The van der Waals surface area contributed by atoms with Gasteiger partial charge in [-0.1, -0.05) is 0 Å². The van der Waals surface area contributed by atoms with Crippen LogP contribution in [-0.2, 0) is 13.3 Å². The van der Waals surface area contributed by atoms with Crippen LogP contribution in [0.1, 0.15) is 0 Å². The van der Waals surface area contributed by atoms with E-state index in [1.165, 1.54) is 0 Å². The summed E-state index contributed by atoms with van der Waals surface area (Å²) in [6, 6.07) is 10.8. The molecule has 0 unspecified atom stereocenters. The summed E-state index contributed by atoms with van der Waals surface area (Å²) in [5.74, 6) is 4.65. The van der Waals surface area contributed by atoms with E-state index in [2.05, 4.69) is 42.0 Å². The maximum atomic E-state index is 2.33. The van der Waals surface area contributed by atoms with Gasteiger partial charge in [-0.15, -0.1) is 0 Å². The van der Waals surface area contributed by atoms with E-state index in [4.69, 9.17) is 0 Å². The van der Waals surface area contributed by atoms with Crippen molar-refractivity contribution in [2.75, 3.05) is 0 Å². The zero-order valence-electron chi connectivity index (χ0n) is 7.40. The molecular formula is C8H13CuLiSi. The Kier molecular flexibility index (Phi) is 6.42. The van der Waals surface area contributed by atoms with Gasteiger partial charge in [-0.25, -0.2) is 0 Å². The van der Waals surface area contributed by atoms with Crippen LogP contribution in [0.4, 0.5) is 0 Å². The Labute approximate surface area is 87.1 Å². The van der Waals surface area contributed by atoms with Crippen molar-refractivity contribution < 1.29 is 32.1 Å². The van der Waals surface area contributed by atoms with E-state index in [1.54, 1.807) is 5.19 Å². The van der Waals surface area contributed by atoms with Crippen LogP contribution in [0.15, 0.2) is 30.3 Å². The smallest absolute Gasteiger partial charge is 1.00 e. The van der Waals surface area contributed by atoms with Gasteiger partial charge in [0.1, 0.15) is 0 Å². The Morgan fingerprint density at radius 3 is 2.09 bits per heavy atom. The van der Waals surface area contributed by atoms with E-state index in [0.29, 0.717) is 0 Å². The molecule has 0 aliphatic rings. The molecule has 0 saturated heterocycles. The predicted octanol–water partition coefficient (Wildman–Crippen LogP) is -1.89. The summed E-state index contributed by atoms with van der Waals surface area (Å²) in [7, 11) is 0.0442. The average molecular weight is 208 g/mol. The van der Waals surface area contributed by atoms with Gasteiger partial charge in [-0.3, -0.25) is 0 Å². The molecule has 0 aliphatic carbocycles. The van der Waals surface area contributed by atoms with Gasteiger partial charge in [0, 0.05) is 0 Å². The van der Waals surface area contributed by atoms with Crippen LogP contribution in [0.25, 0.3) is 0 Å². The van der Waals surface area contributed by atoms with Crippen LogP contribution in [0, 0.1) is 0 Å². The van der Waals surface area contributed by atoms with Crippen molar-refractivity contribution >= 4 is 13.3 Å². The normalized spacial score (nSPS) is 11.3. The van der Waals surface area contributed by atoms with E-state index in [9.17, 15) is 0 Å². The van der Waals surface area contributed by atoms with Gasteiger partial charge in [0.05, 0.1) is 0 Å². The number of benzene rings is 1. The molecule has 0 amide bonds. The van der Waals surface area contributed by atoms with E-state index in [0.717, 1.165) is 13.3 Å². The Morgan fingerprint density at radius 1 is 1.09 bits per heavy atom. The molecule has 1 aromatic carbocycles. The Morgan fingerprint density at radius 2 is 1.64 bits per heavy atom. The summed E-state index contributed by atoms with van der Waals surface area (Å²) in [5, 5.41) is 1.59. The van der Waals surface area contributed by atoms with Gasteiger partial charge in [-0.05, 0) is 0 Å². The zero-order chi connectivity index (χ0) is 7.40. The number of hydrogen-bond donors (Lipinski definition) is 0. The molecule has 0 saturated carbocycles. The van der Waals surface area contributed by atoms with Crippen molar-refractivity contribution in [3.8, 4) is 0 Å². The van der Waals surface area contributed by atoms with Gasteiger partial charge in [-0.2, -0.15) is 0 Å².